The molecule has 2 atom stereocenters. The number of benzene rings is 1. The van der Waals surface area contributed by atoms with E-state index >= 15 is 0 Å². The summed E-state index contributed by atoms with van der Waals surface area (Å²) in [5, 5.41) is 2.54. The molecule has 0 radical (unpaired) electrons. The molecular formula is C16H18FN3O3. The highest BCUT2D eigenvalue weighted by molar-refractivity contribution is 5.99. The van der Waals surface area contributed by atoms with Crippen LogP contribution >= 0.6 is 0 Å². The van der Waals surface area contributed by atoms with E-state index in [1.807, 2.05) is 0 Å². The number of nitrogens with one attached hydrogen (secondary N) is 1. The van der Waals surface area contributed by atoms with Crippen molar-refractivity contribution in [3.05, 3.63) is 30.1 Å². The average Bonchev–Trinajstić information content (AvgIpc) is 3.37. The van der Waals surface area contributed by atoms with Crippen LogP contribution in [0, 0.1) is 17.7 Å². The van der Waals surface area contributed by atoms with Gasteiger partial charge in [0.1, 0.15) is 5.82 Å². The smallest absolute Gasteiger partial charge is 0.228 e. The molecule has 0 aromatic heterocycles. The van der Waals surface area contributed by atoms with Crippen LogP contribution in [0.4, 0.5) is 10.1 Å². The number of hydrogen-bond acceptors (Lipinski definition) is 3. The number of halogens is 1. The zero-order chi connectivity index (χ0) is 16.4. The normalized spacial score (nSPS) is 23.3. The quantitative estimate of drug-likeness (QED) is 0.831. The van der Waals surface area contributed by atoms with Gasteiger partial charge in [0.05, 0.1) is 17.5 Å². The van der Waals surface area contributed by atoms with Crippen molar-refractivity contribution in [1.29, 1.82) is 0 Å². The van der Waals surface area contributed by atoms with E-state index < -0.39 is 11.7 Å². The molecule has 1 heterocycles. The maximum Gasteiger partial charge on any atom is 0.228 e. The average molecular weight is 319 g/mol. The van der Waals surface area contributed by atoms with Gasteiger partial charge >= 0.3 is 0 Å². The van der Waals surface area contributed by atoms with Gasteiger partial charge < -0.3 is 15.1 Å². The zero-order valence-electron chi connectivity index (χ0n) is 12.6. The van der Waals surface area contributed by atoms with Crippen molar-refractivity contribution in [2.45, 2.75) is 6.42 Å². The van der Waals surface area contributed by atoms with Gasteiger partial charge in [0.2, 0.25) is 18.2 Å². The molecule has 3 amide bonds. The molecule has 1 N–H and O–H groups in total. The Morgan fingerprint density at radius 2 is 1.83 bits per heavy atom. The third kappa shape index (κ3) is 3.33. The number of anilines is 1. The maximum atomic E-state index is 13.5. The Morgan fingerprint density at radius 3 is 2.48 bits per heavy atom. The largest absolute Gasteiger partial charge is 0.342 e. The Kier molecular flexibility index (Phi) is 4.27. The third-order valence-corrected chi connectivity index (χ3v) is 4.35. The molecule has 1 aromatic carbocycles. The predicted octanol–water partition coefficient (Wildman–Crippen LogP) is 0.701. The summed E-state index contributed by atoms with van der Waals surface area (Å²) in [6.07, 6.45) is 1.27. The zero-order valence-corrected chi connectivity index (χ0v) is 12.6. The maximum absolute atomic E-state index is 13.5. The van der Waals surface area contributed by atoms with Crippen LogP contribution in [-0.4, -0.2) is 54.2 Å². The van der Waals surface area contributed by atoms with Gasteiger partial charge in [-0.05, 0) is 18.6 Å². The summed E-state index contributed by atoms with van der Waals surface area (Å²) >= 11 is 0. The molecule has 122 valence electrons. The number of carbonyl (C=O) groups is 3. The van der Waals surface area contributed by atoms with Gasteiger partial charge in [-0.25, -0.2) is 4.39 Å². The van der Waals surface area contributed by atoms with Crippen LogP contribution < -0.4 is 5.32 Å². The Morgan fingerprint density at radius 1 is 1.13 bits per heavy atom. The number of piperazine rings is 1. The first-order valence-electron chi connectivity index (χ1n) is 7.63. The number of amides is 3. The Hall–Kier alpha value is -2.44. The highest BCUT2D eigenvalue weighted by atomic mass is 19.1. The minimum Gasteiger partial charge on any atom is -0.342 e. The van der Waals surface area contributed by atoms with E-state index in [9.17, 15) is 18.8 Å². The molecule has 1 aliphatic carbocycles. The van der Waals surface area contributed by atoms with Crippen LogP contribution in [0.15, 0.2) is 24.3 Å². The van der Waals surface area contributed by atoms with Crippen LogP contribution in [0.2, 0.25) is 0 Å². The fraction of sp³-hybridized carbons (Fsp3) is 0.438. The SMILES string of the molecule is O=CN1CCN(C(=O)C2CC2C(=O)Nc2ccccc2F)CC1. The standard InChI is InChI=1S/C16H18FN3O3/c17-13-3-1-2-4-14(13)18-15(22)11-9-12(11)16(23)20-7-5-19(10-21)6-8-20/h1-4,10-12H,5-9H2,(H,18,22). The van der Waals surface area contributed by atoms with Gasteiger partial charge in [0, 0.05) is 26.2 Å². The molecule has 1 aliphatic heterocycles. The molecule has 0 bridgehead atoms. The highest BCUT2D eigenvalue weighted by Crippen LogP contribution is 2.41. The van der Waals surface area contributed by atoms with Crippen LogP contribution in [0.1, 0.15) is 6.42 Å². The molecule has 1 saturated heterocycles. The van der Waals surface area contributed by atoms with Crippen molar-refractivity contribution in [2.75, 3.05) is 31.5 Å². The fourth-order valence-corrected chi connectivity index (χ4v) is 2.83. The number of para-hydroxylation sites is 1. The summed E-state index contributed by atoms with van der Waals surface area (Å²) in [5.74, 6) is -1.59. The van der Waals surface area contributed by atoms with Gasteiger partial charge in [-0.1, -0.05) is 12.1 Å². The molecule has 1 saturated carbocycles. The number of carbonyl (C=O) groups excluding carboxylic acids is 3. The molecule has 2 aliphatic rings. The first-order valence-corrected chi connectivity index (χ1v) is 7.63. The summed E-state index contributed by atoms with van der Waals surface area (Å²) in [4.78, 5) is 38.5. The van der Waals surface area contributed by atoms with Gasteiger partial charge in [-0.2, -0.15) is 0 Å². The lowest BCUT2D eigenvalue weighted by molar-refractivity contribution is -0.137. The van der Waals surface area contributed by atoms with E-state index in [0.717, 1.165) is 6.41 Å². The molecule has 6 nitrogen and oxygen atoms in total. The van der Waals surface area contributed by atoms with Gasteiger partial charge in [-0.3, -0.25) is 14.4 Å². The molecule has 2 unspecified atom stereocenters. The van der Waals surface area contributed by atoms with E-state index in [1.54, 1.807) is 21.9 Å². The van der Waals surface area contributed by atoms with Gasteiger partial charge in [0.25, 0.3) is 0 Å². The van der Waals surface area contributed by atoms with E-state index in [-0.39, 0.29) is 23.4 Å². The number of nitrogens with zero attached hydrogens (tertiary/aromatic N) is 2. The predicted molar refractivity (Wildman–Crippen MR) is 80.8 cm³/mol. The Balaban J connectivity index is 1.53. The molecule has 7 heteroatoms. The van der Waals surface area contributed by atoms with Crippen molar-refractivity contribution in [1.82, 2.24) is 9.80 Å². The fourth-order valence-electron chi connectivity index (χ4n) is 2.83. The van der Waals surface area contributed by atoms with Crippen molar-refractivity contribution < 1.29 is 18.8 Å². The van der Waals surface area contributed by atoms with E-state index in [4.69, 9.17) is 0 Å². The lowest BCUT2D eigenvalue weighted by Crippen LogP contribution is -2.48. The van der Waals surface area contributed by atoms with Gasteiger partial charge in [0.15, 0.2) is 0 Å². The highest BCUT2D eigenvalue weighted by Gasteiger charge is 2.49. The van der Waals surface area contributed by atoms with Crippen molar-refractivity contribution in [3.63, 3.8) is 0 Å². The number of rotatable bonds is 4. The molecule has 2 fully saturated rings. The summed E-state index contributed by atoms with van der Waals surface area (Å²) in [5.41, 5.74) is 0.134. The van der Waals surface area contributed by atoms with Crippen LogP contribution in [0.5, 0.6) is 0 Å². The lowest BCUT2D eigenvalue weighted by Gasteiger charge is -2.32. The Labute approximate surface area is 133 Å². The van der Waals surface area contributed by atoms with Crippen molar-refractivity contribution in [3.8, 4) is 0 Å². The summed E-state index contributed by atoms with van der Waals surface area (Å²) < 4.78 is 13.5. The minimum atomic E-state index is -0.491. The Bertz CT molecular complexity index is 629. The minimum absolute atomic E-state index is 0.0516. The van der Waals surface area contributed by atoms with Gasteiger partial charge in [-0.15, -0.1) is 0 Å². The third-order valence-electron chi connectivity index (χ3n) is 4.35. The summed E-state index contributed by atoms with van der Waals surface area (Å²) in [6, 6.07) is 5.96. The second kappa shape index (κ2) is 6.36. The van der Waals surface area contributed by atoms with Crippen LogP contribution in [0.25, 0.3) is 0 Å². The summed E-state index contributed by atoms with van der Waals surface area (Å²) in [6.45, 7) is 2.04. The molecular weight excluding hydrogens is 301 g/mol. The summed E-state index contributed by atoms with van der Waals surface area (Å²) in [7, 11) is 0. The van der Waals surface area contributed by atoms with Crippen LogP contribution in [-0.2, 0) is 14.4 Å². The molecule has 3 rings (SSSR count). The van der Waals surface area contributed by atoms with Crippen LogP contribution in [0.3, 0.4) is 0 Å². The molecule has 0 spiro atoms. The molecule has 1 aromatic rings. The van der Waals surface area contributed by atoms with Crippen molar-refractivity contribution in [2.24, 2.45) is 11.8 Å². The van der Waals surface area contributed by atoms with E-state index in [2.05, 4.69) is 5.32 Å². The van der Waals surface area contributed by atoms with E-state index in [0.29, 0.717) is 32.6 Å². The second-order valence-corrected chi connectivity index (χ2v) is 5.88. The first-order chi connectivity index (χ1) is 11.1. The van der Waals surface area contributed by atoms with Crippen molar-refractivity contribution >= 4 is 23.9 Å². The molecule has 23 heavy (non-hydrogen) atoms. The van der Waals surface area contributed by atoms with E-state index in [1.165, 1.54) is 12.1 Å². The first kappa shape index (κ1) is 15.5. The lowest BCUT2D eigenvalue weighted by atomic mass is 10.2. The number of hydrogen-bond donors (Lipinski definition) is 1. The monoisotopic (exact) mass is 319 g/mol. The topological polar surface area (TPSA) is 69.7 Å². The second-order valence-electron chi connectivity index (χ2n) is 5.88.